The number of imide groups is 1. The molecule has 4 rings (SSSR count). The maximum absolute atomic E-state index is 11.1. The SMILES string of the molecule is C.C.C.C.CCN1CC(=O)N(C)C1=O.CCN1CC(=O)N(C)C1=S.CCN1CC(=S)N(C)C1=O.CCN1CC(=S)N(C)C1=S. The average Bonchev–Trinajstić information content (AvgIpc) is 3.55. The van der Waals surface area contributed by atoms with E-state index in [1.807, 2.05) is 37.6 Å². The first-order valence-electron chi connectivity index (χ1n) is 12.9. The number of carbonyl (C=O) groups excluding carboxylic acids is 4. The predicted octanol–water partition coefficient (Wildman–Crippen LogP) is 4.08. The van der Waals surface area contributed by atoms with Gasteiger partial charge in [0, 0.05) is 54.4 Å². The van der Waals surface area contributed by atoms with Gasteiger partial charge in [0.2, 0.25) is 11.8 Å². The molecule has 0 saturated carbocycles. The van der Waals surface area contributed by atoms with Gasteiger partial charge in [-0.1, -0.05) is 54.1 Å². The summed E-state index contributed by atoms with van der Waals surface area (Å²) < 4.78 is 0. The van der Waals surface area contributed by atoms with Crippen molar-refractivity contribution in [3.63, 3.8) is 0 Å². The van der Waals surface area contributed by atoms with Crippen molar-refractivity contribution in [3.05, 3.63) is 0 Å². The molecule has 0 N–H and O–H groups in total. The first-order chi connectivity index (χ1) is 18.7. The Morgan fingerprint density at radius 2 is 0.750 bits per heavy atom. The van der Waals surface area contributed by atoms with Crippen molar-refractivity contribution in [1.29, 1.82) is 0 Å². The van der Waals surface area contributed by atoms with Gasteiger partial charge in [0.15, 0.2) is 10.2 Å². The van der Waals surface area contributed by atoms with E-state index in [1.165, 1.54) is 21.7 Å². The molecule has 4 aliphatic rings. The number of amides is 6. The molecule has 0 radical (unpaired) electrons. The smallest absolute Gasteiger partial charge is 0.326 e. The fourth-order valence-corrected chi connectivity index (χ4v) is 4.74. The molecule has 0 atom stereocenters. The van der Waals surface area contributed by atoms with Gasteiger partial charge in [-0.3, -0.25) is 24.3 Å². The first-order valence-corrected chi connectivity index (χ1v) is 14.5. The van der Waals surface area contributed by atoms with Gasteiger partial charge in [-0.25, -0.2) is 9.59 Å². The van der Waals surface area contributed by atoms with Gasteiger partial charge in [-0.2, -0.15) is 0 Å². The van der Waals surface area contributed by atoms with Gasteiger partial charge in [0.05, 0.1) is 19.6 Å². The zero-order valence-electron chi connectivity index (χ0n) is 24.5. The Bertz CT molecular complexity index is 885. The molecule has 16 heteroatoms. The lowest BCUT2D eigenvalue weighted by molar-refractivity contribution is -0.125. The highest BCUT2D eigenvalue weighted by molar-refractivity contribution is 7.82. The van der Waals surface area contributed by atoms with E-state index in [2.05, 4.69) is 11.8 Å². The van der Waals surface area contributed by atoms with Crippen LogP contribution in [-0.4, -0.2) is 164 Å². The molecule has 0 aromatic heterocycles. The largest absolute Gasteiger partial charge is 0.342 e. The van der Waals surface area contributed by atoms with Crippen LogP contribution in [0.3, 0.4) is 0 Å². The highest BCUT2D eigenvalue weighted by Crippen LogP contribution is 2.09. The standard InChI is InChI=1S/C6H10N2O2.2C6H10N2OS.C6H10N2S2.4CH4/c1-3-8-4-5(9)7(2)6(8)10;1-3-8-4-5(10)7(2)6(8)9;2*1-3-8-4-5(9)7(2)6(8)10;;;;/h4*3-4H2,1-2H3;4*1H4. The number of likely N-dealkylation sites (N-methyl/N-ethyl adjacent to an activating group) is 8. The molecular weight excluding hydrogens is 641 g/mol. The number of hydrogen-bond acceptors (Lipinski definition) is 8. The van der Waals surface area contributed by atoms with Crippen LogP contribution in [0.5, 0.6) is 0 Å². The maximum atomic E-state index is 11.1. The summed E-state index contributed by atoms with van der Waals surface area (Å²) in [6.07, 6.45) is 0. The molecule has 4 saturated heterocycles. The summed E-state index contributed by atoms with van der Waals surface area (Å²) >= 11 is 20.1. The third kappa shape index (κ3) is 12.1. The van der Waals surface area contributed by atoms with Gasteiger partial charge in [-0.05, 0) is 52.1 Å². The summed E-state index contributed by atoms with van der Waals surface area (Å²) in [5.74, 6) is -0.0290. The Morgan fingerprint density at radius 3 is 0.932 bits per heavy atom. The zero-order valence-corrected chi connectivity index (χ0v) is 27.8. The quantitative estimate of drug-likeness (QED) is 0.315. The third-order valence-corrected chi connectivity index (χ3v) is 8.43. The van der Waals surface area contributed by atoms with E-state index < -0.39 is 0 Å². The molecule has 0 aliphatic carbocycles. The fourth-order valence-electron chi connectivity index (χ4n) is 3.61. The fraction of sp³-hybridized carbons (Fsp3) is 0.714. The molecule has 6 amide bonds. The van der Waals surface area contributed by atoms with Crippen molar-refractivity contribution < 1.29 is 19.2 Å². The third-order valence-electron chi connectivity index (χ3n) is 6.56. The van der Waals surface area contributed by atoms with E-state index in [0.29, 0.717) is 29.7 Å². The molecule has 44 heavy (non-hydrogen) atoms. The van der Waals surface area contributed by atoms with Gasteiger partial charge < -0.3 is 24.5 Å². The minimum atomic E-state index is -0.187. The van der Waals surface area contributed by atoms with Crippen LogP contribution in [0.15, 0.2) is 0 Å². The van der Waals surface area contributed by atoms with Gasteiger partial charge >= 0.3 is 12.1 Å². The van der Waals surface area contributed by atoms with Crippen LogP contribution < -0.4 is 0 Å². The molecular formula is C28H56N8O4S4. The Balaban J connectivity index is -0.000000235. The Labute approximate surface area is 288 Å². The van der Waals surface area contributed by atoms with Crippen LogP contribution >= 0.6 is 48.9 Å². The summed E-state index contributed by atoms with van der Waals surface area (Å²) in [5.41, 5.74) is 0. The minimum Gasteiger partial charge on any atom is -0.342 e. The second-order valence-electron chi connectivity index (χ2n) is 9.00. The van der Waals surface area contributed by atoms with E-state index in [4.69, 9.17) is 48.9 Å². The number of nitrogens with zero attached hydrogens (tertiary/aromatic N) is 8. The Hall–Kier alpha value is -2.56. The van der Waals surface area contributed by atoms with E-state index in [0.717, 1.165) is 41.2 Å². The lowest BCUT2D eigenvalue weighted by Gasteiger charge is -2.14. The second kappa shape index (κ2) is 22.0. The van der Waals surface area contributed by atoms with Crippen molar-refractivity contribution in [2.24, 2.45) is 0 Å². The molecule has 4 aliphatic heterocycles. The lowest BCUT2D eigenvalue weighted by Crippen LogP contribution is -2.29. The van der Waals surface area contributed by atoms with Crippen molar-refractivity contribution in [1.82, 2.24) is 39.2 Å². The first kappa shape index (κ1) is 48.3. The molecule has 0 spiro atoms. The summed E-state index contributed by atoms with van der Waals surface area (Å²) in [6.45, 7) is 13.1. The molecule has 0 aromatic rings. The average molecular weight is 697 g/mol. The topological polar surface area (TPSA) is 94.2 Å². The molecule has 12 nitrogen and oxygen atoms in total. The van der Waals surface area contributed by atoms with E-state index in [9.17, 15) is 19.2 Å². The van der Waals surface area contributed by atoms with Crippen LogP contribution in [0, 0.1) is 0 Å². The van der Waals surface area contributed by atoms with E-state index in [1.54, 1.807) is 19.0 Å². The highest BCUT2D eigenvalue weighted by atomic mass is 32.1. The number of thiocarbonyl (C=S) groups is 4. The van der Waals surface area contributed by atoms with E-state index in [-0.39, 0.29) is 60.1 Å². The minimum absolute atomic E-state index is 0. The number of urea groups is 2. The molecule has 4 heterocycles. The van der Waals surface area contributed by atoms with Crippen molar-refractivity contribution in [2.45, 2.75) is 57.4 Å². The lowest BCUT2D eigenvalue weighted by atomic mass is 10.5. The molecule has 4 fully saturated rings. The van der Waals surface area contributed by atoms with Gasteiger partial charge in [0.1, 0.15) is 16.5 Å². The zero-order chi connectivity index (χ0) is 30.9. The van der Waals surface area contributed by atoms with Crippen LogP contribution in [0.4, 0.5) is 9.59 Å². The second-order valence-corrected chi connectivity index (χ2v) is 10.7. The predicted molar refractivity (Wildman–Crippen MR) is 198 cm³/mol. The van der Waals surface area contributed by atoms with Crippen LogP contribution in [0.1, 0.15) is 57.4 Å². The Kier molecular flexibility index (Phi) is 24.2. The summed E-state index contributed by atoms with van der Waals surface area (Å²) in [7, 11) is 6.83. The summed E-state index contributed by atoms with van der Waals surface area (Å²) in [5, 5.41) is 1.50. The number of rotatable bonds is 4. The summed E-state index contributed by atoms with van der Waals surface area (Å²) in [6, 6.07) is -0.167. The van der Waals surface area contributed by atoms with Crippen molar-refractivity contribution >= 4 is 92.9 Å². The van der Waals surface area contributed by atoms with Crippen LogP contribution in [-0.2, 0) is 9.59 Å². The van der Waals surface area contributed by atoms with Crippen molar-refractivity contribution in [2.75, 3.05) is 80.5 Å². The Morgan fingerprint density at radius 1 is 0.455 bits per heavy atom. The van der Waals surface area contributed by atoms with Crippen molar-refractivity contribution in [3.8, 4) is 0 Å². The molecule has 0 unspecified atom stereocenters. The molecule has 0 aromatic carbocycles. The normalized spacial score (nSPS) is 17.3. The van der Waals surface area contributed by atoms with Gasteiger partial charge in [0.25, 0.3) is 0 Å². The maximum Gasteiger partial charge on any atom is 0.326 e. The van der Waals surface area contributed by atoms with E-state index >= 15 is 0 Å². The van der Waals surface area contributed by atoms with Crippen LogP contribution in [0.25, 0.3) is 0 Å². The molecule has 0 bridgehead atoms. The van der Waals surface area contributed by atoms with Gasteiger partial charge in [-0.15, -0.1) is 0 Å². The summed E-state index contributed by atoms with van der Waals surface area (Å²) in [4.78, 5) is 58.7. The molecule has 256 valence electrons. The number of hydrogen-bond donors (Lipinski definition) is 0. The highest BCUT2D eigenvalue weighted by Gasteiger charge is 2.31. The monoisotopic (exact) mass is 696 g/mol. The number of carbonyl (C=O) groups is 4. The van der Waals surface area contributed by atoms with Crippen LogP contribution in [0.2, 0.25) is 0 Å².